The Bertz CT molecular complexity index is 395. The van der Waals surface area contributed by atoms with Crippen molar-refractivity contribution in [1.29, 1.82) is 0 Å². The highest BCUT2D eigenvalue weighted by atomic mass is 16.4. The van der Waals surface area contributed by atoms with Crippen molar-refractivity contribution in [2.75, 3.05) is 13.6 Å². The molecule has 18 heavy (non-hydrogen) atoms. The molecule has 1 aliphatic rings. The SMILES string of the molecule is CN1CC(C(=O)NC(CC(N)=O)C(=O)O)CC1=O. The van der Waals surface area contributed by atoms with Crippen molar-refractivity contribution in [2.24, 2.45) is 11.7 Å². The van der Waals surface area contributed by atoms with Gasteiger partial charge in [-0.15, -0.1) is 0 Å². The van der Waals surface area contributed by atoms with Crippen molar-refractivity contribution in [3.63, 3.8) is 0 Å². The van der Waals surface area contributed by atoms with Crippen LogP contribution in [0.4, 0.5) is 0 Å². The number of carboxylic acids is 1. The van der Waals surface area contributed by atoms with E-state index in [2.05, 4.69) is 5.32 Å². The van der Waals surface area contributed by atoms with Crippen LogP contribution in [0, 0.1) is 5.92 Å². The zero-order chi connectivity index (χ0) is 13.9. The van der Waals surface area contributed by atoms with Gasteiger partial charge in [0.25, 0.3) is 0 Å². The van der Waals surface area contributed by atoms with Gasteiger partial charge in [-0.2, -0.15) is 0 Å². The zero-order valence-corrected chi connectivity index (χ0v) is 9.88. The van der Waals surface area contributed by atoms with Crippen LogP contribution in [0.3, 0.4) is 0 Å². The topological polar surface area (TPSA) is 130 Å². The maximum Gasteiger partial charge on any atom is 0.326 e. The van der Waals surface area contributed by atoms with Crippen molar-refractivity contribution in [3.8, 4) is 0 Å². The minimum Gasteiger partial charge on any atom is -0.480 e. The zero-order valence-electron chi connectivity index (χ0n) is 9.88. The van der Waals surface area contributed by atoms with Crippen LogP contribution < -0.4 is 11.1 Å². The number of nitrogens with two attached hydrogens (primary N) is 1. The molecule has 0 radical (unpaired) electrons. The molecule has 8 heteroatoms. The summed E-state index contributed by atoms with van der Waals surface area (Å²) in [5, 5.41) is 11.0. The summed E-state index contributed by atoms with van der Waals surface area (Å²) < 4.78 is 0. The molecule has 1 heterocycles. The summed E-state index contributed by atoms with van der Waals surface area (Å²) in [4.78, 5) is 45.8. The highest BCUT2D eigenvalue weighted by Crippen LogP contribution is 2.16. The Morgan fingerprint density at radius 2 is 2.17 bits per heavy atom. The largest absolute Gasteiger partial charge is 0.480 e. The second-order valence-corrected chi connectivity index (χ2v) is 4.25. The Kier molecular flexibility index (Phi) is 4.24. The molecule has 0 bridgehead atoms. The number of aliphatic carboxylic acids is 1. The molecule has 0 saturated carbocycles. The van der Waals surface area contributed by atoms with Crippen molar-refractivity contribution in [2.45, 2.75) is 18.9 Å². The number of likely N-dealkylation sites (tertiary alicyclic amines) is 1. The van der Waals surface area contributed by atoms with Crippen molar-refractivity contribution in [3.05, 3.63) is 0 Å². The van der Waals surface area contributed by atoms with Crippen LogP contribution in [0.2, 0.25) is 0 Å². The summed E-state index contributed by atoms with van der Waals surface area (Å²) in [7, 11) is 1.56. The number of rotatable bonds is 5. The minimum absolute atomic E-state index is 0.0469. The monoisotopic (exact) mass is 257 g/mol. The van der Waals surface area contributed by atoms with Gasteiger partial charge in [0.1, 0.15) is 6.04 Å². The maximum absolute atomic E-state index is 11.7. The number of nitrogens with zero attached hydrogens (tertiary/aromatic N) is 1. The molecule has 100 valence electrons. The second-order valence-electron chi connectivity index (χ2n) is 4.25. The third-order valence-electron chi connectivity index (χ3n) is 2.73. The molecular weight excluding hydrogens is 242 g/mol. The third kappa shape index (κ3) is 3.44. The Morgan fingerprint density at radius 1 is 1.56 bits per heavy atom. The first kappa shape index (κ1) is 13.9. The number of hydrogen-bond donors (Lipinski definition) is 3. The predicted molar refractivity (Wildman–Crippen MR) is 59.1 cm³/mol. The van der Waals surface area contributed by atoms with E-state index >= 15 is 0 Å². The lowest BCUT2D eigenvalue weighted by molar-refractivity contribution is -0.143. The maximum atomic E-state index is 11.7. The fourth-order valence-corrected chi connectivity index (χ4v) is 1.73. The van der Waals surface area contributed by atoms with E-state index in [0.29, 0.717) is 0 Å². The quantitative estimate of drug-likeness (QED) is 0.520. The van der Waals surface area contributed by atoms with E-state index < -0.39 is 36.2 Å². The summed E-state index contributed by atoms with van der Waals surface area (Å²) in [5.74, 6) is -3.46. The van der Waals surface area contributed by atoms with Crippen LogP contribution in [0.15, 0.2) is 0 Å². The van der Waals surface area contributed by atoms with Crippen molar-refractivity contribution >= 4 is 23.7 Å². The van der Waals surface area contributed by atoms with Crippen LogP contribution in [-0.4, -0.2) is 53.3 Å². The van der Waals surface area contributed by atoms with Crippen LogP contribution in [0.1, 0.15) is 12.8 Å². The van der Waals surface area contributed by atoms with Gasteiger partial charge in [0, 0.05) is 20.0 Å². The number of nitrogens with one attached hydrogen (secondary N) is 1. The molecule has 0 spiro atoms. The molecule has 4 N–H and O–H groups in total. The average molecular weight is 257 g/mol. The number of amides is 3. The molecule has 0 aromatic heterocycles. The molecule has 3 amide bonds. The van der Waals surface area contributed by atoms with Gasteiger partial charge in [0.2, 0.25) is 17.7 Å². The molecule has 1 saturated heterocycles. The first-order valence-electron chi connectivity index (χ1n) is 5.36. The van der Waals surface area contributed by atoms with Crippen LogP contribution in [-0.2, 0) is 19.2 Å². The molecule has 2 atom stereocenters. The van der Waals surface area contributed by atoms with Gasteiger partial charge in [-0.1, -0.05) is 0 Å². The molecular formula is C10H15N3O5. The van der Waals surface area contributed by atoms with Gasteiger partial charge < -0.3 is 21.1 Å². The number of carbonyl (C=O) groups excluding carboxylic acids is 3. The van der Waals surface area contributed by atoms with Crippen LogP contribution in [0.5, 0.6) is 0 Å². The predicted octanol–water partition coefficient (Wildman–Crippen LogP) is -2.09. The van der Waals surface area contributed by atoms with E-state index in [4.69, 9.17) is 10.8 Å². The van der Waals surface area contributed by atoms with Gasteiger partial charge in [0.15, 0.2) is 0 Å². The van der Waals surface area contributed by atoms with Crippen molar-refractivity contribution in [1.82, 2.24) is 10.2 Å². The van der Waals surface area contributed by atoms with Gasteiger partial charge in [0.05, 0.1) is 12.3 Å². The molecule has 0 aromatic rings. The van der Waals surface area contributed by atoms with Gasteiger partial charge >= 0.3 is 5.97 Å². The number of carbonyl (C=O) groups is 4. The molecule has 1 aliphatic heterocycles. The Balaban J connectivity index is 2.59. The van der Waals surface area contributed by atoms with Gasteiger partial charge in [-0.05, 0) is 0 Å². The fourth-order valence-electron chi connectivity index (χ4n) is 1.73. The first-order valence-corrected chi connectivity index (χ1v) is 5.36. The summed E-state index contributed by atoms with van der Waals surface area (Å²) in [6.07, 6.45) is -0.428. The smallest absolute Gasteiger partial charge is 0.326 e. The standard InChI is InChI=1S/C10H15N3O5/c1-13-4-5(2-8(13)15)9(16)12-6(10(17)18)3-7(11)14/h5-6H,2-4H2,1H3,(H2,11,14)(H,12,16)(H,17,18). The normalized spacial score (nSPS) is 20.6. The van der Waals surface area contributed by atoms with Crippen LogP contribution in [0.25, 0.3) is 0 Å². The Morgan fingerprint density at radius 3 is 2.56 bits per heavy atom. The van der Waals surface area contributed by atoms with E-state index in [1.165, 1.54) is 4.90 Å². The molecule has 1 rings (SSSR count). The lowest BCUT2D eigenvalue weighted by Gasteiger charge is -2.15. The highest BCUT2D eigenvalue weighted by Gasteiger charge is 2.34. The lowest BCUT2D eigenvalue weighted by Crippen LogP contribution is -2.46. The summed E-state index contributed by atoms with van der Waals surface area (Å²) in [5.41, 5.74) is 4.89. The van der Waals surface area contributed by atoms with E-state index in [9.17, 15) is 19.2 Å². The first-order chi connectivity index (χ1) is 8.31. The summed E-state index contributed by atoms with van der Waals surface area (Å²) in [6, 6.07) is -1.35. The van der Waals surface area contributed by atoms with E-state index in [-0.39, 0.29) is 18.9 Å². The molecule has 8 nitrogen and oxygen atoms in total. The molecule has 2 unspecified atom stereocenters. The number of carboxylic acid groups (broad SMARTS) is 1. The van der Waals surface area contributed by atoms with E-state index in [0.717, 1.165) is 0 Å². The van der Waals surface area contributed by atoms with Crippen molar-refractivity contribution < 1.29 is 24.3 Å². The molecule has 1 fully saturated rings. The second kappa shape index (κ2) is 5.48. The van der Waals surface area contributed by atoms with E-state index in [1.54, 1.807) is 7.05 Å². The lowest BCUT2D eigenvalue weighted by atomic mass is 10.1. The Labute approximate surface area is 103 Å². The van der Waals surface area contributed by atoms with Gasteiger partial charge in [-0.25, -0.2) is 4.79 Å². The Hall–Kier alpha value is -2.12. The highest BCUT2D eigenvalue weighted by molar-refractivity contribution is 5.92. The summed E-state index contributed by atoms with van der Waals surface area (Å²) >= 11 is 0. The molecule has 0 aliphatic carbocycles. The van der Waals surface area contributed by atoms with E-state index in [1.807, 2.05) is 0 Å². The fraction of sp³-hybridized carbons (Fsp3) is 0.600. The van der Waals surface area contributed by atoms with Crippen LogP contribution >= 0.6 is 0 Å². The summed E-state index contributed by atoms with van der Waals surface area (Å²) in [6.45, 7) is 0.244. The number of primary amides is 1. The average Bonchev–Trinajstić information content (AvgIpc) is 2.57. The third-order valence-corrected chi connectivity index (χ3v) is 2.73. The number of hydrogen-bond acceptors (Lipinski definition) is 4. The molecule has 0 aromatic carbocycles. The van der Waals surface area contributed by atoms with Gasteiger partial charge in [-0.3, -0.25) is 14.4 Å². The minimum atomic E-state index is -1.35.